The topological polar surface area (TPSA) is 49.3 Å². The minimum atomic E-state index is -0.516. The number of aliphatic hydroxyl groups is 1. The van der Waals surface area contributed by atoms with Crippen molar-refractivity contribution >= 4 is 5.91 Å². The van der Waals surface area contributed by atoms with Crippen LogP contribution in [0.4, 0.5) is 0 Å². The molecule has 0 spiro atoms. The van der Waals surface area contributed by atoms with Crippen LogP contribution in [-0.2, 0) is 4.79 Å². The van der Waals surface area contributed by atoms with Crippen LogP contribution in [0.3, 0.4) is 0 Å². The molecule has 0 aromatic carbocycles. The summed E-state index contributed by atoms with van der Waals surface area (Å²) in [6, 6.07) is 0.0661. The number of nitrogens with one attached hydrogen (secondary N) is 1. The van der Waals surface area contributed by atoms with Crippen LogP contribution >= 0.6 is 0 Å². The van der Waals surface area contributed by atoms with Crippen LogP contribution in [0.15, 0.2) is 96.2 Å². The van der Waals surface area contributed by atoms with E-state index >= 15 is 0 Å². The molecule has 2 N–H and O–H groups in total. The average molecular weight is 408 g/mol. The van der Waals surface area contributed by atoms with Gasteiger partial charge in [-0.3, -0.25) is 4.79 Å². The normalized spacial score (nSPS) is 30.9. The SMILES string of the molecule is CCC/C=C/CC1C/C=C/C=C(C)/C=C/C=C\C(O)C/C=C(C)/C=C/C=C/C(=O)N1. The first-order chi connectivity index (χ1) is 14.5. The van der Waals surface area contributed by atoms with E-state index in [-0.39, 0.29) is 11.9 Å². The molecule has 1 rings (SSSR count). The van der Waals surface area contributed by atoms with Gasteiger partial charge >= 0.3 is 0 Å². The average Bonchev–Trinajstić information content (AvgIpc) is 2.72. The number of amides is 1. The van der Waals surface area contributed by atoms with Crippen LogP contribution in [0, 0.1) is 0 Å². The van der Waals surface area contributed by atoms with Crippen LogP contribution < -0.4 is 5.32 Å². The summed E-state index contributed by atoms with van der Waals surface area (Å²) in [6.45, 7) is 6.17. The quantitative estimate of drug-likeness (QED) is 0.558. The smallest absolute Gasteiger partial charge is 0.244 e. The number of carbonyl (C=O) groups is 1. The van der Waals surface area contributed by atoms with Gasteiger partial charge in [0.15, 0.2) is 0 Å². The molecule has 0 aromatic heterocycles. The van der Waals surface area contributed by atoms with Crippen molar-refractivity contribution in [1.82, 2.24) is 5.32 Å². The van der Waals surface area contributed by atoms with Crippen molar-refractivity contribution in [2.24, 2.45) is 0 Å². The van der Waals surface area contributed by atoms with Crippen LogP contribution in [-0.4, -0.2) is 23.2 Å². The van der Waals surface area contributed by atoms with Gasteiger partial charge in [0.1, 0.15) is 0 Å². The van der Waals surface area contributed by atoms with Crippen molar-refractivity contribution in [2.75, 3.05) is 0 Å². The summed E-state index contributed by atoms with van der Waals surface area (Å²) >= 11 is 0. The summed E-state index contributed by atoms with van der Waals surface area (Å²) in [4.78, 5) is 12.3. The molecule has 2 unspecified atom stereocenters. The van der Waals surface area contributed by atoms with E-state index in [2.05, 4.69) is 30.5 Å². The summed E-state index contributed by atoms with van der Waals surface area (Å²) < 4.78 is 0. The van der Waals surface area contributed by atoms with E-state index in [4.69, 9.17) is 0 Å². The van der Waals surface area contributed by atoms with E-state index in [1.807, 2.05) is 62.5 Å². The van der Waals surface area contributed by atoms with E-state index in [0.29, 0.717) is 6.42 Å². The Morgan fingerprint density at radius 1 is 1.00 bits per heavy atom. The fourth-order valence-electron chi connectivity index (χ4n) is 2.73. The third-order valence-electron chi connectivity index (χ3n) is 4.51. The first-order valence-corrected chi connectivity index (χ1v) is 10.8. The number of carbonyl (C=O) groups excluding carboxylic acids is 1. The molecule has 30 heavy (non-hydrogen) atoms. The highest BCUT2D eigenvalue weighted by Crippen LogP contribution is 2.06. The Kier molecular flexibility index (Phi) is 13.7. The summed E-state index contributed by atoms with van der Waals surface area (Å²) in [5.41, 5.74) is 2.16. The van der Waals surface area contributed by atoms with Crippen LogP contribution in [0.1, 0.15) is 52.9 Å². The predicted molar refractivity (Wildman–Crippen MR) is 129 cm³/mol. The van der Waals surface area contributed by atoms with Crippen molar-refractivity contribution < 1.29 is 9.90 Å². The molecule has 1 aliphatic rings. The van der Waals surface area contributed by atoms with Gasteiger partial charge in [-0.25, -0.2) is 0 Å². The van der Waals surface area contributed by atoms with Crippen molar-refractivity contribution in [3.63, 3.8) is 0 Å². The Hall–Kier alpha value is -2.65. The number of allylic oxidation sites excluding steroid dienone is 11. The summed E-state index contributed by atoms with van der Waals surface area (Å²) in [5.74, 6) is -0.0896. The standard InChI is InChI=1S/C27H37NO2/c1-4-5-6-7-17-25-18-11-8-14-23(2)15-9-12-19-26(29)22-21-24(3)16-10-13-20-27(30)28-25/h6-16,19-21,25-26,29H,4-5,17-18,22H2,1-3H3,(H,28,30)/b7-6+,11-8+,15-9+,16-10+,19-12-,20-13+,23-14+,24-21+. The molecule has 162 valence electrons. The fraction of sp³-hybridized carbons (Fsp3) is 0.370. The van der Waals surface area contributed by atoms with Crippen molar-refractivity contribution in [3.05, 3.63) is 96.2 Å². The van der Waals surface area contributed by atoms with E-state index in [9.17, 15) is 9.90 Å². The highest BCUT2D eigenvalue weighted by Gasteiger charge is 2.07. The molecule has 2 atom stereocenters. The molecule has 3 heteroatoms. The lowest BCUT2D eigenvalue weighted by Crippen LogP contribution is -2.32. The van der Waals surface area contributed by atoms with Gasteiger partial charge in [-0.2, -0.15) is 0 Å². The minimum Gasteiger partial charge on any atom is -0.389 e. The second-order valence-electron chi connectivity index (χ2n) is 7.49. The molecule has 1 amide bonds. The number of unbranched alkanes of at least 4 members (excludes halogenated alkanes) is 1. The van der Waals surface area contributed by atoms with Gasteiger partial charge in [0, 0.05) is 12.1 Å². The molecule has 3 nitrogen and oxygen atoms in total. The highest BCUT2D eigenvalue weighted by atomic mass is 16.3. The van der Waals surface area contributed by atoms with Gasteiger partial charge in [-0.05, 0) is 39.5 Å². The van der Waals surface area contributed by atoms with Crippen LogP contribution in [0.5, 0.6) is 0 Å². The monoisotopic (exact) mass is 407 g/mol. The lowest BCUT2D eigenvalue weighted by Gasteiger charge is -2.14. The zero-order valence-corrected chi connectivity index (χ0v) is 18.6. The fourth-order valence-corrected chi connectivity index (χ4v) is 2.73. The van der Waals surface area contributed by atoms with Crippen molar-refractivity contribution in [1.29, 1.82) is 0 Å². The maximum absolute atomic E-state index is 12.3. The molecule has 0 bridgehead atoms. The van der Waals surface area contributed by atoms with Crippen molar-refractivity contribution in [2.45, 2.75) is 65.0 Å². The number of hydrogen-bond donors (Lipinski definition) is 2. The largest absolute Gasteiger partial charge is 0.389 e. The number of hydrogen-bond acceptors (Lipinski definition) is 2. The van der Waals surface area contributed by atoms with Gasteiger partial charge in [0.05, 0.1) is 6.10 Å². The zero-order chi connectivity index (χ0) is 22.0. The Morgan fingerprint density at radius 3 is 2.53 bits per heavy atom. The molecule has 0 fully saturated rings. The van der Waals surface area contributed by atoms with Crippen molar-refractivity contribution in [3.8, 4) is 0 Å². The van der Waals surface area contributed by atoms with Gasteiger partial charge < -0.3 is 10.4 Å². The van der Waals surface area contributed by atoms with Gasteiger partial charge in [0.2, 0.25) is 5.91 Å². The molecular weight excluding hydrogens is 370 g/mol. The molecule has 1 aliphatic heterocycles. The first kappa shape index (κ1) is 25.4. The maximum atomic E-state index is 12.3. The molecule has 0 aliphatic carbocycles. The number of rotatable bonds is 4. The maximum Gasteiger partial charge on any atom is 0.244 e. The van der Waals surface area contributed by atoms with E-state index in [1.54, 1.807) is 18.2 Å². The molecular formula is C27H37NO2. The van der Waals surface area contributed by atoms with Gasteiger partial charge in [0.25, 0.3) is 0 Å². The summed E-state index contributed by atoms with van der Waals surface area (Å²) in [6.07, 6.45) is 31.0. The second-order valence-corrected chi connectivity index (χ2v) is 7.49. The van der Waals surface area contributed by atoms with E-state index in [1.165, 1.54) is 0 Å². The Labute approximate surface area is 182 Å². The number of aliphatic hydroxyl groups excluding tert-OH is 1. The summed E-state index contributed by atoms with van der Waals surface area (Å²) in [5, 5.41) is 13.1. The van der Waals surface area contributed by atoms with Gasteiger partial charge in [-0.15, -0.1) is 0 Å². The summed E-state index contributed by atoms with van der Waals surface area (Å²) in [7, 11) is 0. The molecule has 0 saturated carbocycles. The van der Waals surface area contributed by atoms with E-state index < -0.39 is 6.10 Å². The van der Waals surface area contributed by atoms with Gasteiger partial charge in [-0.1, -0.05) is 103 Å². The Morgan fingerprint density at radius 2 is 1.73 bits per heavy atom. The van der Waals surface area contributed by atoms with E-state index in [0.717, 1.165) is 36.8 Å². The molecule has 0 radical (unpaired) electrons. The van der Waals surface area contributed by atoms with Crippen LogP contribution in [0.25, 0.3) is 0 Å². The molecule has 0 aromatic rings. The second kappa shape index (κ2) is 16.2. The lowest BCUT2D eigenvalue weighted by molar-refractivity contribution is -0.117. The first-order valence-electron chi connectivity index (χ1n) is 10.8. The molecule has 0 saturated heterocycles. The Bertz CT molecular complexity index is 745. The lowest BCUT2D eigenvalue weighted by atomic mass is 10.1. The van der Waals surface area contributed by atoms with Crippen LogP contribution in [0.2, 0.25) is 0 Å². The Balaban J connectivity index is 2.94. The zero-order valence-electron chi connectivity index (χ0n) is 18.6. The third kappa shape index (κ3) is 13.5. The minimum absolute atomic E-state index is 0.0661. The third-order valence-corrected chi connectivity index (χ3v) is 4.51. The highest BCUT2D eigenvalue weighted by molar-refractivity contribution is 5.88. The predicted octanol–water partition coefficient (Wildman–Crippen LogP) is 6.05. The molecule has 1 heterocycles.